The van der Waals surface area contributed by atoms with E-state index in [1.54, 1.807) is 0 Å². The van der Waals surface area contributed by atoms with E-state index in [-0.39, 0.29) is 6.15 Å². The Bertz CT molecular complexity index is 102. The topological polar surface area (TPSA) is 150 Å². The number of hydrogen-bond donors (Lipinski definition) is 5. The smallest absolute Gasteiger partial charge is 0.450 e. The van der Waals surface area contributed by atoms with E-state index in [0.29, 0.717) is 0 Å². The summed E-state index contributed by atoms with van der Waals surface area (Å²) in [4.78, 5) is 17.1. The average molecular weight is 199 g/mol. The van der Waals surface area contributed by atoms with Crippen LogP contribution < -0.4 is 6.15 Å². The fraction of sp³-hybridized carbons (Fsp3) is 0.667. The van der Waals surface area contributed by atoms with E-state index in [0.717, 1.165) is 5.92 Å². The van der Waals surface area contributed by atoms with Crippen LogP contribution in [0, 0.1) is 5.92 Å². The number of hydrogen-bond acceptors (Lipinski definition) is 3. The molecule has 0 bridgehead atoms. The molecule has 13 heavy (non-hydrogen) atoms. The molecule has 0 aromatic rings. The number of carboxylic acid groups (broad SMARTS) is 4. The van der Waals surface area contributed by atoms with Gasteiger partial charge in [0.15, 0.2) is 0 Å². The molecule has 0 fully saturated rings. The fourth-order valence-electron chi connectivity index (χ4n) is 0. The van der Waals surface area contributed by atoms with E-state index in [9.17, 15) is 0 Å². The van der Waals surface area contributed by atoms with Crippen molar-refractivity contribution in [2.45, 2.75) is 20.8 Å². The molecule has 0 aliphatic carbocycles. The molecule has 0 rings (SSSR count). The molecular weight excluding hydrogens is 182 g/mol. The van der Waals surface area contributed by atoms with Crippen molar-refractivity contribution < 1.29 is 30.0 Å². The van der Waals surface area contributed by atoms with Gasteiger partial charge in [0, 0.05) is 0 Å². The second-order valence-electron chi connectivity index (χ2n) is 2.30. The first kappa shape index (κ1) is 22.5. The van der Waals surface area contributed by atoms with Crippen LogP contribution in [-0.2, 0) is 0 Å². The predicted octanol–water partition coefficient (Wildman–Crippen LogP) is 2.27. The molecule has 7 N–H and O–H groups in total. The Hall–Kier alpha value is -1.50. The predicted molar refractivity (Wildman–Crippen MR) is 46.8 cm³/mol. The quantitative estimate of drug-likeness (QED) is 0.401. The van der Waals surface area contributed by atoms with Gasteiger partial charge in [0.1, 0.15) is 0 Å². The molecular formula is C6H17NO6. The van der Waals surface area contributed by atoms with Gasteiger partial charge >= 0.3 is 12.3 Å². The van der Waals surface area contributed by atoms with Crippen LogP contribution in [0.25, 0.3) is 0 Å². The van der Waals surface area contributed by atoms with E-state index in [4.69, 9.17) is 30.0 Å². The zero-order valence-electron chi connectivity index (χ0n) is 7.89. The van der Waals surface area contributed by atoms with E-state index >= 15 is 0 Å². The van der Waals surface area contributed by atoms with Crippen LogP contribution in [0.1, 0.15) is 20.8 Å². The largest absolute Gasteiger partial charge is 0.503 e. The molecule has 7 nitrogen and oxygen atoms in total. The highest BCUT2D eigenvalue weighted by Gasteiger charge is 1.70. The van der Waals surface area contributed by atoms with Gasteiger partial charge in [-0.1, -0.05) is 20.8 Å². The van der Waals surface area contributed by atoms with Crippen molar-refractivity contribution in [2.24, 2.45) is 5.92 Å². The standard InChI is InChI=1S/C4H10.2CH2O3.H3N/c1-4(2)3;2*2-1(3)4;/h4H,1-3H3;2*(H2,2,3,4);1H3. The molecule has 0 aliphatic heterocycles. The van der Waals surface area contributed by atoms with Crippen LogP contribution in [0.4, 0.5) is 9.59 Å². The summed E-state index contributed by atoms with van der Waals surface area (Å²) in [6.45, 7) is 6.50. The Kier molecular flexibility index (Phi) is 29.2. The molecule has 0 atom stereocenters. The molecule has 0 aromatic heterocycles. The highest BCUT2D eigenvalue weighted by Crippen LogP contribution is 1.81. The lowest BCUT2D eigenvalue weighted by Gasteiger charge is -1.79. The lowest BCUT2D eigenvalue weighted by Crippen LogP contribution is -1.81. The minimum absolute atomic E-state index is 0. The summed E-state index contributed by atoms with van der Waals surface area (Å²) < 4.78 is 0. The lowest BCUT2D eigenvalue weighted by molar-refractivity contribution is 0.135. The van der Waals surface area contributed by atoms with Gasteiger partial charge in [-0.25, -0.2) is 9.59 Å². The Morgan fingerprint density at radius 1 is 0.846 bits per heavy atom. The van der Waals surface area contributed by atoms with Gasteiger partial charge in [-0.15, -0.1) is 0 Å². The van der Waals surface area contributed by atoms with Crippen LogP contribution >= 0.6 is 0 Å². The first-order chi connectivity index (χ1) is 5.20. The van der Waals surface area contributed by atoms with E-state index in [2.05, 4.69) is 20.8 Å². The van der Waals surface area contributed by atoms with E-state index in [1.165, 1.54) is 0 Å². The molecule has 7 heteroatoms. The second-order valence-corrected chi connectivity index (χ2v) is 2.30. The SMILES string of the molecule is CC(C)C.N.O=C(O)O.O=C(O)O. The minimum Gasteiger partial charge on any atom is -0.450 e. The summed E-state index contributed by atoms with van der Waals surface area (Å²) in [6, 6.07) is 0. The molecule has 0 spiro atoms. The van der Waals surface area contributed by atoms with Gasteiger partial charge < -0.3 is 26.6 Å². The van der Waals surface area contributed by atoms with Crippen molar-refractivity contribution in [1.82, 2.24) is 6.15 Å². The van der Waals surface area contributed by atoms with Crippen molar-refractivity contribution >= 4 is 12.3 Å². The summed E-state index contributed by atoms with van der Waals surface area (Å²) in [7, 11) is 0. The summed E-state index contributed by atoms with van der Waals surface area (Å²) in [6.07, 6.45) is -3.67. The molecule has 0 saturated heterocycles. The van der Waals surface area contributed by atoms with Gasteiger partial charge in [-0.05, 0) is 5.92 Å². The van der Waals surface area contributed by atoms with Crippen LogP contribution in [0.5, 0.6) is 0 Å². The van der Waals surface area contributed by atoms with Crippen LogP contribution in [0.3, 0.4) is 0 Å². The first-order valence-electron chi connectivity index (χ1n) is 3.03. The summed E-state index contributed by atoms with van der Waals surface area (Å²) in [5.41, 5.74) is 0. The molecule has 0 aromatic carbocycles. The van der Waals surface area contributed by atoms with Crippen LogP contribution in [-0.4, -0.2) is 32.7 Å². The molecule has 0 saturated carbocycles. The third-order valence-electron chi connectivity index (χ3n) is 0. The Balaban J connectivity index is -0.0000000450. The third kappa shape index (κ3) is 337. The Labute approximate surface area is 76.2 Å². The Morgan fingerprint density at radius 3 is 0.846 bits per heavy atom. The molecule has 0 amide bonds. The van der Waals surface area contributed by atoms with Crippen molar-refractivity contribution in [2.75, 3.05) is 0 Å². The van der Waals surface area contributed by atoms with Gasteiger partial charge in [-0.2, -0.15) is 0 Å². The van der Waals surface area contributed by atoms with E-state index in [1.807, 2.05) is 0 Å². The maximum Gasteiger partial charge on any atom is 0.503 e. The summed E-state index contributed by atoms with van der Waals surface area (Å²) in [5, 5.41) is 27.9. The Morgan fingerprint density at radius 2 is 0.846 bits per heavy atom. The average Bonchev–Trinajstić information content (AvgIpc) is 1.54. The normalized spacial score (nSPS) is 6.46. The van der Waals surface area contributed by atoms with Gasteiger partial charge in [-0.3, -0.25) is 0 Å². The van der Waals surface area contributed by atoms with Crippen molar-refractivity contribution in [1.29, 1.82) is 0 Å². The van der Waals surface area contributed by atoms with Gasteiger partial charge in [0.2, 0.25) is 0 Å². The van der Waals surface area contributed by atoms with Crippen molar-refractivity contribution in [3.8, 4) is 0 Å². The molecule has 0 heterocycles. The first-order valence-corrected chi connectivity index (χ1v) is 3.03. The van der Waals surface area contributed by atoms with Crippen LogP contribution in [0.15, 0.2) is 0 Å². The van der Waals surface area contributed by atoms with Gasteiger partial charge in [0.25, 0.3) is 0 Å². The van der Waals surface area contributed by atoms with E-state index < -0.39 is 12.3 Å². The zero-order chi connectivity index (χ0) is 10.7. The monoisotopic (exact) mass is 199 g/mol. The number of carbonyl (C=O) groups is 2. The minimum atomic E-state index is -1.83. The van der Waals surface area contributed by atoms with Crippen molar-refractivity contribution in [3.63, 3.8) is 0 Å². The van der Waals surface area contributed by atoms with Crippen molar-refractivity contribution in [3.05, 3.63) is 0 Å². The molecule has 0 radical (unpaired) electrons. The maximum absolute atomic E-state index is 8.56. The van der Waals surface area contributed by atoms with Gasteiger partial charge in [0.05, 0.1) is 0 Å². The molecule has 0 aliphatic rings. The highest BCUT2D eigenvalue weighted by molar-refractivity contribution is 5.53. The fourth-order valence-corrected chi connectivity index (χ4v) is 0. The molecule has 0 unspecified atom stereocenters. The molecule has 82 valence electrons. The van der Waals surface area contributed by atoms with Crippen LogP contribution in [0.2, 0.25) is 0 Å². The summed E-state index contributed by atoms with van der Waals surface area (Å²) >= 11 is 0. The summed E-state index contributed by atoms with van der Waals surface area (Å²) in [5.74, 6) is 0.833. The lowest BCUT2D eigenvalue weighted by atomic mass is 10.3. The highest BCUT2D eigenvalue weighted by atomic mass is 16.6. The zero-order valence-corrected chi connectivity index (χ0v) is 7.89. The maximum atomic E-state index is 8.56. The second kappa shape index (κ2) is 16.8. The third-order valence-corrected chi connectivity index (χ3v) is 0. The number of rotatable bonds is 0.